The first-order valence-corrected chi connectivity index (χ1v) is 7.39. The fourth-order valence-electron chi connectivity index (χ4n) is 2.83. The van der Waals surface area contributed by atoms with Crippen LogP contribution in [0.3, 0.4) is 0 Å². The Morgan fingerprint density at radius 2 is 2.04 bits per heavy atom. The number of nitro benzene ring substituents is 1. The highest BCUT2D eigenvalue weighted by atomic mass is 19.4. The lowest BCUT2D eigenvalue weighted by atomic mass is 10.0. The molecule has 7 nitrogen and oxygen atoms in total. The second kappa shape index (κ2) is 6.28. The predicted octanol–water partition coefficient (Wildman–Crippen LogP) is 2.26. The summed E-state index contributed by atoms with van der Waals surface area (Å²) in [6.45, 7) is 0.607. The predicted molar refractivity (Wildman–Crippen MR) is 80.8 cm³/mol. The van der Waals surface area contributed by atoms with Crippen LogP contribution < -0.4 is 5.56 Å². The molecule has 10 heteroatoms. The Labute approximate surface area is 139 Å². The van der Waals surface area contributed by atoms with Gasteiger partial charge in [0.1, 0.15) is 0 Å². The molecular weight excluding hydrogens is 341 g/mol. The second-order valence-electron chi connectivity index (χ2n) is 5.68. The summed E-state index contributed by atoms with van der Waals surface area (Å²) in [5, 5.41) is 11.1. The van der Waals surface area contributed by atoms with Crippen molar-refractivity contribution in [2.75, 3.05) is 6.54 Å². The third-order valence-electron chi connectivity index (χ3n) is 4.00. The molecule has 2 aromatic rings. The van der Waals surface area contributed by atoms with Crippen molar-refractivity contribution in [1.82, 2.24) is 14.9 Å². The second-order valence-corrected chi connectivity index (χ2v) is 5.68. The highest BCUT2D eigenvalue weighted by Crippen LogP contribution is 2.27. The summed E-state index contributed by atoms with van der Waals surface area (Å²) < 4.78 is 38.4. The van der Waals surface area contributed by atoms with Gasteiger partial charge in [0.05, 0.1) is 10.6 Å². The zero-order valence-corrected chi connectivity index (χ0v) is 12.8. The van der Waals surface area contributed by atoms with E-state index in [9.17, 15) is 28.1 Å². The van der Waals surface area contributed by atoms with Crippen LogP contribution in [0.5, 0.6) is 0 Å². The van der Waals surface area contributed by atoms with Crippen molar-refractivity contribution in [3.63, 3.8) is 0 Å². The smallest absolute Gasteiger partial charge is 0.303 e. The number of alkyl halides is 3. The lowest BCUT2D eigenvalue weighted by Gasteiger charge is -2.27. The SMILES string of the molecule is O=c1[nH]c(C(F)(F)F)nc2c1CCN(Cc1ccccc1[N+](=O)[O-])C2. The molecule has 0 aliphatic carbocycles. The molecule has 0 saturated carbocycles. The van der Waals surface area contributed by atoms with Crippen LogP contribution in [-0.2, 0) is 25.7 Å². The third kappa shape index (κ3) is 3.53. The van der Waals surface area contributed by atoms with Crippen LogP contribution in [0.1, 0.15) is 22.6 Å². The molecule has 2 heterocycles. The summed E-state index contributed by atoms with van der Waals surface area (Å²) in [6.07, 6.45) is -4.51. The minimum Gasteiger partial charge on any atom is -0.303 e. The number of nitro groups is 1. The van der Waals surface area contributed by atoms with E-state index in [4.69, 9.17) is 0 Å². The largest absolute Gasteiger partial charge is 0.449 e. The van der Waals surface area contributed by atoms with Gasteiger partial charge in [-0.25, -0.2) is 4.98 Å². The van der Waals surface area contributed by atoms with Crippen molar-refractivity contribution in [2.24, 2.45) is 0 Å². The molecule has 1 aliphatic heterocycles. The van der Waals surface area contributed by atoms with Crippen molar-refractivity contribution in [1.29, 1.82) is 0 Å². The average molecular weight is 354 g/mol. The lowest BCUT2D eigenvalue weighted by molar-refractivity contribution is -0.385. The Balaban J connectivity index is 1.88. The molecule has 0 bridgehead atoms. The highest BCUT2D eigenvalue weighted by molar-refractivity contribution is 5.39. The molecule has 0 amide bonds. The van der Waals surface area contributed by atoms with Gasteiger partial charge in [0.25, 0.3) is 11.2 Å². The first kappa shape index (κ1) is 17.1. The molecule has 1 N–H and O–H groups in total. The number of nitrogens with zero attached hydrogens (tertiary/aromatic N) is 3. The van der Waals surface area contributed by atoms with Gasteiger partial charge in [-0.2, -0.15) is 13.2 Å². The van der Waals surface area contributed by atoms with Crippen LogP contribution in [0, 0.1) is 10.1 Å². The summed E-state index contributed by atoms with van der Waals surface area (Å²) in [4.78, 5) is 29.4. The number of benzene rings is 1. The molecular formula is C15H13F3N4O3. The first-order chi connectivity index (χ1) is 11.8. The summed E-state index contributed by atoms with van der Waals surface area (Å²) in [7, 11) is 0. The number of fused-ring (bicyclic) bond motifs is 1. The van der Waals surface area contributed by atoms with Crippen molar-refractivity contribution >= 4 is 5.69 Å². The van der Waals surface area contributed by atoms with Crippen LogP contribution in [-0.4, -0.2) is 26.3 Å². The molecule has 0 fully saturated rings. The number of aromatic nitrogens is 2. The van der Waals surface area contributed by atoms with E-state index in [0.717, 1.165) is 0 Å². The molecule has 0 atom stereocenters. The van der Waals surface area contributed by atoms with Gasteiger partial charge in [-0.1, -0.05) is 18.2 Å². The van der Waals surface area contributed by atoms with E-state index in [1.165, 1.54) is 6.07 Å². The summed E-state index contributed by atoms with van der Waals surface area (Å²) in [5.74, 6) is -1.33. The van der Waals surface area contributed by atoms with Gasteiger partial charge in [-0.3, -0.25) is 19.8 Å². The highest BCUT2D eigenvalue weighted by Gasteiger charge is 2.36. The molecule has 132 valence electrons. The molecule has 0 spiro atoms. The van der Waals surface area contributed by atoms with Crippen LogP contribution in [0.2, 0.25) is 0 Å². The summed E-state index contributed by atoms with van der Waals surface area (Å²) in [6, 6.07) is 6.17. The Kier molecular flexibility index (Phi) is 4.29. The molecule has 0 unspecified atom stereocenters. The zero-order chi connectivity index (χ0) is 18.2. The molecule has 25 heavy (non-hydrogen) atoms. The number of aromatic amines is 1. The third-order valence-corrected chi connectivity index (χ3v) is 4.00. The Morgan fingerprint density at radius 1 is 1.32 bits per heavy atom. The normalized spacial score (nSPS) is 15.0. The maximum atomic E-state index is 12.8. The van der Waals surface area contributed by atoms with E-state index in [1.54, 1.807) is 28.1 Å². The standard InChI is InChI=1S/C15H13F3N4O3/c16-15(17,18)14-19-11-8-21(6-5-10(11)13(23)20-14)7-9-3-1-2-4-12(9)22(24)25/h1-4H,5-8H2,(H,19,20,23). The number of rotatable bonds is 3. The maximum Gasteiger partial charge on any atom is 0.449 e. The van der Waals surface area contributed by atoms with Gasteiger partial charge in [0.2, 0.25) is 5.82 Å². The summed E-state index contributed by atoms with van der Waals surface area (Å²) >= 11 is 0. The number of hydrogen-bond donors (Lipinski definition) is 1. The molecule has 1 aromatic carbocycles. The number of hydrogen-bond acceptors (Lipinski definition) is 5. The van der Waals surface area contributed by atoms with E-state index < -0.39 is 22.5 Å². The minimum absolute atomic E-state index is 0.0222. The molecule has 1 aliphatic rings. The van der Waals surface area contributed by atoms with Gasteiger partial charge in [-0.05, 0) is 6.42 Å². The van der Waals surface area contributed by atoms with Crippen LogP contribution >= 0.6 is 0 Å². The Hall–Kier alpha value is -2.75. The van der Waals surface area contributed by atoms with Crippen molar-refractivity contribution < 1.29 is 18.1 Å². The minimum atomic E-state index is -4.74. The van der Waals surface area contributed by atoms with E-state index in [0.29, 0.717) is 12.1 Å². The fraction of sp³-hybridized carbons (Fsp3) is 0.333. The van der Waals surface area contributed by atoms with Crippen LogP contribution in [0.25, 0.3) is 0 Å². The van der Waals surface area contributed by atoms with Gasteiger partial charge >= 0.3 is 6.18 Å². The number of halogens is 3. The lowest BCUT2D eigenvalue weighted by Crippen LogP contribution is -2.36. The van der Waals surface area contributed by atoms with Crippen molar-refractivity contribution in [2.45, 2.75) is 25.7 Å². The van der Waals surface area contributed by atoms with Gasteiger partial charge < -0.3 is 4.98 Å². The van der Waals surface area contributed by atoms with Gasteiger partial charge in [-0.15, -0.1) is 0 Å². The first-order valence-electron chi connectivity index (χ1n) is 7.39. The van der Waals surface area contributed by atoms with Gasteiger partial charge in [0, 0.05) is 36.8 Å². The van der Waals surface area contributed by atoms with E-state index in [-0.39, 0.29) is 36.5 Å². The van der Waals surface area contributed by atoms with Crippen molar-refractivity contribution in [3.8, 4) is 0 Å². The molecule has 0 saturated heterocycles. The van der Waals surface area contributed by atoms with E-state index in [2.05, 4.69) is 4.98 Å². The van der Waals surface area contributed by atoms with Crippen LogP contribution in [0.4, 0.5) is 18.9 Å². The number of H-pyrrole nitrogens is 1. The average Bonchev–Trinajstić information content (AvgIpc) is 2.54. The molecule has 1 aromatic heterocycles. The molecule has 0 radical (unpaired) electrons. The topological polar surface area (TPSA) is 92.1 Å². The maximum absolute atomic E-state index is 12.8. The van der Waals surface area contributed by atoms with Gasteiger partial charge in [0.15, 0.2) is 0 Å². The number of para-hydroxylation sites is 1. The number of nitrogens with one attached hydrogen (secondary N) is 1. The van der Waals surface area contributed by atoms with Crippen molar-refractivity contribution in [3.05, 3.63) is 67.4 Å². The monoisotopic (exact) mass is 354 g/mol. The van der Waals surface area contributed by atoms with E-state index in [1.807, 2.05) is 0 Å². The quantitative estimate of drug-likeness (QED) is 0.674. The Bertz CT molecular complexity index is 879. The molecule has 3 rings (SSSR count). The zero-order valence-electron chi connectivity index (χ0n) is 12.8. The van der Waals surface area contributed by atoms with E-state index >= 15 is 0 Å². The summed E-state index contributed by atoms with van der Waals surface area (Å²) in [5.41, 5.74) is -0.102. The Morgan fingerprint density at radius 3 is 2.72 bits per heavy atom. The fourth-order valence-corrected chi connectivity index (χ4v) is 2.83. The van der Waals surface area contributed by atoms with Crippen LogP contribution in [0.15, 0.2) is 29.1 Å².